The van der Waals surface area contributed by atoms with Crippen LogP contribution < -0.4 is 10.6 Å². The second-order valence-corrected chi connectivity index (χ2v) is 7.12. The summed E-state index contributed by atoms with van der Waals surface area (Å²) in [5, 5.41) is 6.91. The van der Waals surface area contributed by atoms with E-state index in [4.69, 9.17) is 0 Å². The molecule has 28 heavy (non-hydrogen) atoms. The van der Waals surface area contributed by atoms with Crippen LogP contribution in [0.25, 0.3) is 17.0 Å². The summed E-state index contributed by atoms with van der Waals surface area (Å²) in [6.45, 7) is 2.26. The van der Waals surface area contributed by atoms with Gasteiger partial charge in [0, 0.05) is 48.9 Å². The van der Waals surface area contributed by atoms with Gasteiger partial charge < -0.3 is 15.2 Å². The molecule has 4 rings (SSSR count). The van der Waals surface area contributed by atoms with Crippen molar-refractivity contribution in [3.8, 4) is 0 Å². The minimum Gasteiger partial charge on any atom is -0.350 e. The second kappa shape index (κ2) is 7.31. The number of pyridine rings is 1. The predicted molar refractivity (Wildman–Crippen MR) is 110 cm³/mol. The van der Waals surface area contributed by atoms with Gasteiger partial charge in [0.25, 0.3) is 0 Å². The lowest BCUT2D eigenvalue weighted by Gasteiger charge is -2.15. The zero-order valence-electron chi connectivity index (χ0n) is 16.0. The molecule has 2 aromatic heterocycles. The fraction of sp³-hybridized carbons (Fsp3) is 0.227. The summed E-state index contributed by atoms with van der Waals surface area (Å²) in [6.07, 6.45) is 6.67. The summed E-state index contributed by atoms with van der Waals surface area (Å²) in [4.78, 5) is 28.3. The maximum absolute atomic E-state index is 12.5. The van der Waals surface area contributed by atoms with E-state index >= 15 is 0 Å². The van der Waals surface area contributed by atoms with E-state index in [1.165, 1.54) is 0 Å². The number of para-hydroxylation sites is 1. The van der Waals surface area contributed by atoms with E-state index in [9.17, 15) is 9.59 Å². The highest BCUT2D eigenvalue weighted by Gasteiger charge is 2.16. The molecule has 0 spiro atoms. The molecule has 0 saturated carbocycles. The summed E-state index contributed by atoms with van der Waals surface area (Å²) < 4.78 is 2.07. The van der Waals surface area contributed by atoms with Gasteiger partial charge in [-0.1, -0.05) is 18.2 Å². The number of anilines is 1. The molecule has 6 nitrogen and oxygen atoms in total. The minimum absolute atomic E-state index is 0.00714. The van der Waals surface area contributed by atoms with E-state index in [1.807, 2.05) is 37.5 Å². The van der Waals surface area contributed by atoms with Gasteiger partial charge in [-0.15, -0.1) is 0 Å². The molecule has 0 bridgehead atoms. The number of benzene rings is 1. The molecule has 142 valence electrons. The molecule has 0 radical (unpaired) electrons. The number of amides is 2. The molecule has 6 heteroatoms. The molecule has 2 amide bonds. The van der Waals surface area contributed by atoms with E-state index in [1.54, 1.807) is 13.1 Å². The zero-order chi connectivity index (χ0) is 19.7. The van der Waals surface area contributed by atoms with Gasteiger partial charge >= 0.3 is 0 Å². The SMILES string of the molecule is CC(=Cc1cnc2c(c1)CCC(=O)N2)C(=O)NCc1cn(C)c2ccccc12. The van der Waals surface area contributed by atoms with Gasteiger partial charge in [-0.3, -0.25) is 9.59 Å². The third-order valence-electron chi connectivity index (χ3n) is 5.03. The van der Waals surface area contributed by atoms with E-state index in [2.05, 4.69) is 32.3 Å². The number of rotatable bonds is 4. The van der Waals surface area contributed by atoms with E-state index < -0.39 is 0 Å². The van der Waals surface area contributed by atoms with Crippen LogP contribution in [-0.4, -0.2) is 21.4 Å². The van der Waals surface area contributed by atoms with Crippen LogP contribution in [0.2, 0.25) is 0 Å². The van der Waals surface area contributed by atoms with E-state index in [-0.39, 0.29) is 11.8 Å². The molecule has 2 N–H and O–H groups in total. The highest BCUT2D eigenvalue weighted by molar-refractivity contribution is 5.98. The third-order valence-corrected chi connectivity index (χ3v) is 5.03. The fourth-order valence-electron chi connectivity index (χ4n) is 3.55. The lowest BCUT2D eigenvalue weighted by Crippen LogP contribution is -2.23. The normalized spacial score (nSPS) is 13.9. The first-order valence-corrected chi connectivity index (χ1v) is 9.29. The molecule has 0 saturated heterocycles. The average molecular weight is 374 g/mol. The molecule has 3 heterocycles. The van der Waals surface area contributed by atoms with Crippen LogP contribution in [0.4, 0.5) is 5.82 Å². The summed E-state index contributed by atoms with van der Waals surface area (Å²) in [5.41, 5.74) is 4.70. The van der Waals surface area contributed by atoms with E-state index in [0.29, 0.717) is 30.8 Å². The molecular formula is C22H22N4O2. The summed E-state index contributed by atoms with van der Waals surface area (Å²) in [7, 11) is 2.00. The lowest BCUT2D eigenvalue weighted by molar-refractivity contribution is -0.117. The standard InChI is InChI=1S/C22H22N4O2/c1-14(9-15-10-16-7-8-20(27)25-21(16)23-11-15)22(28)24-12-17-13-26(2)19-6-4-3-5-18(17)19/h3-6,9-11,13H,7-8,12H2,1-2H3,(H,24,28)(H,23,25,27). The largest absolute Gasteiger partial charge is 0.350 e. The highest BCUT2D eigenvalue weighted by Crippen LogP contribution is 2.22. The maximum Gasteiger partial charge on any atom is 0.247 e. The van der Waals surface area contributed by atoms with E-state index in [0.717, 1.165) is 27.6 Å². The molecule has 1 aromatic carbocycles. The van der Waals surface area contributed by atoms with Gasteiger partial charge in [0.05, 0.1) is 0 Å². The van der Waals surface area contributed by atoms with Crippen molar-refractivity contribution in [1.82, 2.24) is 14.9 Å². The predicted octanol–water partition coefficient (Wildman–Crippen LogP) is 3.18. The molecule has 3 aromatic rings. The van der Waals surface area contributed by atoms with Gasteiger partial charge in [-0.05, 0) is 48.2 Å². The van der Waals surface area contributed by atoms with Gasteiger partial charge in [0.15, 0.2) is 0 Å². The van der Waals surface area contributed by atoms with Crippen LogP contribution in [0.3, 0.4) is 0 Å². The number of aryl methyl sites for hydroxylation is 2. The van der Waals surface area contributed by atoms with Gasteiger partial charge in [0.1, 0.15) is 5.82 Å². The molecule has 0 aliphatic carbocycles. The van der Waals surface area contributed by atoms with Crippen molar-refractivity contribution in [2.45, 2.75) is 26.3 Å². The van der Waals surface area contributed by atoms with Crippen LogP contribution in [0.15, 0.2) is 48.3 Å². The summed E-state index contributed by atoms with van der Waals surface area (Å²) >= 11 is 0. The van der Waals surface area contributed by atoms with Crippen molar-refractivity contribution >= 4 is 34.6 Å². The molecule has 0 atom stereocenters. The van der Waals surface area contributed by atoms with Crippen LogP contribution in [-0.2, 0) is 29.6 Å². The monoisotopic (exact) mass is 374 g/mol. The second-order valence-electron chi connectivity index (χ2n) is 7.12. The Bertz CT molecular complexity index is 1110. The number of nitrogens with zero attached hydrogens (tertiary/aromatic N) is 2. The number of carbonyl (C=O) groups excluding carboxylic acids is 2. The number of hydrogen-bond donors (Lipinski definition) is 2. The zero-order valence-corrected chi connectivity index (χ0v) is 16.0. The summed E-state index contributed by atoms with van der Waals surface area (Å²) in [5.74, 6) is 0.498. The number of aromatic nitrogens is 2. The smallest absolute Gasteiger partial charge is 0.247 e. The van der Waals surface area contributed by atoms with Crippen LogP contribution in [0.1, 0.15) is 30.0 Å². The number of nitrogens with one attached hydrogen (secondary N) is 2. The Balaban J connectivity index is 1.46. The molecular weight excluding hydrogens is 352 g/mol. The van der Waals surface area contributed by atoms with Crippen molar-refractivity contribution < 1.29 is 9.59 Å². The topological polar surface area (TPSA) is 76.0 Å². The van der Waals surface area contributed by atoms with Crippen molar-refractivity contribution in [3.05, 3.63) is 65.0 Å². The quantitative estimate of drug-likeness (QED) is 0.689. The first kappa shape index (κ1) is 18.0. The first-order chi connectivity index (χ1) is 13.5. The Labute approximate surface area is 163 Å². The number of fused-ring (bicyclic) bond motifs is 2. The Morgan fingerprint density at radius 2 is 2.14 bits per heavy atom. The number of carbonyl (C=O) groups is 2. The Hall–Kier alpha value is -3.41. The maximum atomic E-state index is 12.5. The fourth-order valence-corrected chi connectivity index (χ4v) is 3.55. The lowest BCUT2D eigenvalue weighted by atomic mass is 10.0. The Kier molecular flexibility index (Phi) is 4.69. The molecule has 0 unspecified atom stereocenters. The van der Waals surface area contributed by atoms with Crippen molar-refractivity contribution in [2.75, 3.05) is 5.32 Å². The van der Waals surface area contributed by atoms with Crippen molar-refractivity contribution in [2.24, 2.45) is 7.05 Å². The molecule has 0 fully saturated rings. The molecule has 1 aliphatic heterocycles. The summed E-state index contributed by atoms with van der Waals surface area (Å²) in [6, 6.07) is 10.1. The van der Waals surface area contributed by atoms with Crippen molar-refractivity contribution in [3.63, 3.8) is 0 Å². The third kappa shape index (κ3) is 3.53. The Morgan fingerprint density at radius 1 is 1.32 bits per heavy atom. The van der Waals surface area contributed by atoms with Gasteiger partial charge in [0.2, 0.25) is 11.8 Å². The Morgan fingerprint density at radius 3 is 3.00 bits per heavy atom. The van der Waals surface area contributed by atoms with Crippen LogP contribution in [0.5, 0.6) is 0 Å². The highest BCUT2D eigenvalue weighted by atomic mass is 16.2. The van der Waals surface area contributed by atoms with Crippen molar-refractivity contribution in [1.29, 1.82) is 0 Å². The average Bonchev–Trinajstić information content (AvgIpc) is 3.02. The minimum atomic E-state index is -0.112. The van der Waals surface area contributed by atoms with Gasteiger partial charge in [-0.25, -0.2) is 4.98 Å². The van der Waals surface area contributed by atoms with Crippen LogP contribution >= 0.6 is 0 Å². The molecule has 1 aliphatic rings. The number of hydrogen-bond acceptors (Lipinski definition) is 3. The first-order valence-electron chi connectivity index (χ1n) is 9.29. The van der Waals surface area contributed by atoms with Gasteiger partial charge in [-0.2, -0.15) is 0 Å². The van der Waals surface area contributed by atoms with Crippen LogP contribution in [0, 0.1) is 0 Å².